The number of rotatable bonds is 1. The number of nitrogens with two attached hydrogens (primary N) is 1. The fourth-order valence-electron chi connectivity index (χ4n) is 1.82. The third kappa shape index (κ3) is 1.76. The van der Waals surface area contributed by atoms with E-state index in [2.05, 4.69) is 0 Å². The zero-order valence-corrected chi connectivity index (χ0v) is 8.98. The molecule has 0 spiro atoms. The van der Waals surface area contributed by atoms with Crippen LogP contribution < -0.4 is 5.73 Å². The van der Waals surface area contributed by atoms with E-state index in [1.54, 1.807) is 18.2 Å². The first-order valence-corrected chi connectivity index (χ1v) is 5.27. The predicted molar refractivity (Wildman–Crippen MR) is 66.0 cm³/mol. The first kappa shape index (κ1) is 9.90. The van der Waals surface area contributed by atoms with Crippen LogP contribution in [-0.2, 0) is 0 Å². The van der Waals surface area contributed by atoms with E-state index in [0.717, 1.165) is 16.5 Å². The van der Waals surface area contributed by atoms with Gasteiger partial charge in [0.15, 0.2) is 0 Å². The Morgan fingerprint density at radius 1 is 0.941 bits per heavy atom. The van der Waals surface area contributed by atoms with E-state index in [4.69, 9.17) is 10.2 Å². The maximum absolute atomic E-state index is 12.8. The third-order valence-corrected chi connectivity index (χ3v) is 2.67. The number of hydrogen-bond donors (Lipinski definition) is 1. The summed E-state index contributed by atoms with van der Waals surface area (Å²) in [7, 11) is 0. The van der Waals surface area contributed by atoms with Gasteiger partial charge in [0, 0.05) is 16.6 Å². The van der Waals surface area contributed by atoms with E-state index in [9.17, 15) is 4.39 Å². The minimum absolute atomic E-state index is 0.255. The van der Waals surface area contributed by atoms with Crippen molar-refractivity contribution in [3.63, 3.8) is 0 Å². The fourth-order valence-corrected chi connectivity index (χ4v) is 1.82. The number of anilines is 1. The summed E-state index contributed by atoms with van der Waals surface area (Å²) in [4.78, 5) is 0. The van der Waals surface area contributed by atoms with E-state index < -0.39 is 0 Å². The molecular weight excluding hydrogens is 217 g/mol. The Balaban J connectivity index is 2.14. The zero-order valence-electron chi connectivity index (χ0n) is 8.98. The van der Waals surface area contributed by atoms with Crippen molar-refractivity contribution >= 4 is 16.7 Å². The monoisotopic (exact) mass is 227 g/mol. The van der Waals surface area contributed by atoms with Gasteiger partial charge in [0.1, 0.15) is 17.2 Å². The standard InChI is InChI=1S/C14H10FNO/c15-11-3-1-9(2-4-11)14-8-10-7-12(16)5-6-13(10)17-14/h1-8H,16H2. The van der Waals surface area contributed by atoms with Gasteiger partial charge in [0.2, 0.25) is 0 Å². The van der Waals surface area contributed by atoms with Gasteiger partial charge in [-0.05, 0) is 48.5 Å². The Morgan fingerprint density at radius 3 is 2.47 bits per heavy atom. The molecule has 2 N–H and O–H groups in total. The summed E-state index contributed by atoms with van der Waals surface area (Å²) >= 11 is 0. The maximum Gasteiger partial charge on any atom is 0.135 e. The van der Waals surface area contributed by atoms with Gasteiger partial charge in [-0.25, -0.2) is 4.39 Å². The summed E-state index contributed by atoms with van der Waals surface area (Å²) < 4.78 is 18.5. The van der Waals surface area contributed by atoms with Crippen molar-refractivity contribution in [3.05, 3.63) is 54.3 Å². The highest BCUT2D eigenvalue weighted by Crippen LogP contribution is 2.28. The summed E-state index contributed by atoms with van der Waals surface area (Å²) in [5.41, 5.74) is 8.02. The van der Waals surface area contributed by atoms with Gasteiger partial charge < -0.3 is 10.2 Å². The lowest BCUT2D eigenvalue weighted by Crippen LogP contribution is -1.80. The average Bonchev–Trinajstić information content (AvgIpc) is 2.72. The minimum Gasteiger partial charge on any atom is -0.456 e. The molecule has 3 aromatic rings. The van der Waals surface area contributed by atoms with Gasteiger partial charge in [-0.1, -0.05) is 0 Å². The zero-order chi connectivity index (χ0) is 11.8. The van der Waals surface area contributed by atoms with Crippen LogP contribution in [0.1, 0.15) is 0 Å². The van der Waals surface area contributed by atoms with Crippen molar-refractivity contribution in [1.29, 1.82) is 0 Å². The van der Waals surface area contributed by atoms with Crippen LogP contribution in [0.2, 0.25) is 0 Å². The molecule has 0 saturated heterocycles. The van der Waals surface area contributed by atoms with Gasteiger partial charge in [-0.15, -0.1) is 0 Å². The lowest BCUT2D eigenvalue weighted by molar-refractivity contribution is 0.623. The second-order valence-electron chi connectivity index (χ2n) is 3.91. The van der Waals surface area contributed by atoms with Crippen LogP contribution in [0.3, 0.4) is 0 Å². The molecule has 0 bridgehead atoms. The molecule has 0 aliphatic carbocycles. The van der Waals surface area contributed by atoms with Crippen LogP contribution in [0.5, 0.6) is 0 Å². The molecule has 3 rings (SSSR count). The van der Waals surface area contributed by atoms with Crippen LogP contribution >= 0.6 is 0 Å². The molecule has 0 aliphatic rings. The molecule has 84 valence electrons. The van der Waals surface area contributed by atoms with Crippen molar-refractivity contribution < 1.29 is 8.81 Å². The first-order valence-electron chi connectivity index (χ1n) is 5.27. The first-order chi connectivity index (χ1) is 8.22. The molecule has 0 aliphatic heterocycles. The van der Waals surface area contributed by atoms with Crippen LogP contribution in [0.25, 0.3) is 22.3 Å². The lowest BCUT2D eigenvalue weighted by atomic mass is 10.1. The number of halogens is 1. The summed E-state index contributed by atoms with van der Waals surface area (Å²) in [6, 6.07) is 13.6. The maximum atomic E-state index is 12.8. The third-order valence-electron chi connectivity index (χ3n) is 2.67. The number of nitrogen functional groups attached to an aromatic ring is 1. The van der Waals surface area contributed by atoms with E-state index in [-0.39, 0.29) is 5.82 Å². The van der Waals surface area contributed by atoms with Crippen LogP contribution in [0.15, 0.2) is 52.9 Å². The predicted octanol–water partition coefficient (Wildman–Crippen LogP) is 3.82. The molecule has 0 atom stereocenters. The molecule has 2 aromatic carbocycles. The Hall–Kier alpha value is -2.29. The Morgan fingerprint density at radius 2 is 1.71 bits per heavy atom. The Labute approximate surface area is 97.5 Å². The van der Waals surface area contributed by atoms with Crippen molar-refractivity contribution in [2.75, 3.05) is 5.73 Å². The molecule has 0 amide bonds. The van der Waals surface area contributed by atoms with Crippen molar-refractivity contribution in [2.24, 2.45) is 0 Å². The molecular formula is C14H10FNO. The smallest absolute Gasteiger partial charge is 0.135 e. The van der Waals surface area contributed by atoms with E-state index >= 15 is 0 Å². The second-order valence-corrected chi connectivity index (χ2v) is 3.91. The van der Waals surface area contributed by atoms with E-state index in [1.807, 2.05) is 18.2 Å². The molecule has 3 heteroatoms. The number of furan rings is 1. The molecule has 17 heavy (non-hydrogen) atoms. The SMILES string of the molecule is Nc1ccc2oc(-c3ccc(F)cc3)cc2c1. The van der Waals surface area contributed by atoms with Gasteiger partial charge >= 0.3 is 0 Å². The fraction of sp³-hybridized carbons (Fsp3) is 0. The molecule has 2 nitrogen and oxygen atoms in total. The minimum atomic E-state index is -0.255. The summed E-state index contributed by atoms with van der Waals surface area (Å²) in [5.74, 6) is 0.458. The topological polar surface area (TPSA) is 39.2 Å². The highest BCUT2D eigenvalue weighted by atomic mass is 19.1. The second kappa shape index (κ2) is 3.63. The normalized spacial score (nSPS) is 10.9. The van der Waals surface area contributed by atoms with E-state index in [0.29, 0.717) is 11.4 Å². The molecule has 1 heterocycles. The van der Waals surface area contributed by atoms with Gasteiger partial charge in [0.05, 0.1) is 0 Å². The Kier molecular flexibility index (Phi) is 2.11. The van der Waals surface area contributed by atoms with Crippen LogP contribution in [0.4, 0.5) is 10.1 Å². The highest BCUT2D eigenvalue weighted by molar-refractivity contribution is 5.85. The van der Waals surface area contributed by atoms with Crippen molar-refractivity contribution in [2.45, 2.75) is 0 Å². The summed E-state index contributed by atoms with van der Waals surface area (Å²) in [6.07, 6.45) is 0. The van der Waals surface area contributed by atoms with Crippen molar-refractivity contribution in [3.8, 4) is 11.3 Å². The summed E-state index contributed by atoms with van der Waals surface area (Å²) in [6.45, 7) is 0. The highest BCUT2D eigenvalue weighted by Gasteiger charge is 2.06. The largest absolute Gasteiger partial charge is 0.456 e. The number of fused-ring (bicyclic) bond motifs is 1. The molecule has 0 fully saturated rings. The average molecular weight is 227 g/mol. The Bertz CT molecular complexity index is 670. The van der Waals surface area contributed by atoms with Crippen molar-refractivity contribution in [1.82, 2.24) is 0 Å². The van der Waals surface area contributed by atoms with E-state index in [1.165, 1.54) is 12.1 Å². The van der Waals surface area contributed by atoms with Crippen LogP contribution in [-0.4, -0.2) is 0 Å². The molecule has 0 radical (unpaired) electrons. The van der Waals surface area contributed by atoms with Gasteiger partial charge in [-0.2, -0.15) is 0 Å². The molecule has 0 saturated carbocycles. The lowest BCUT2D eigenvalue weighted by Gasteiger charge is -1.94. The van der Waals surface area contributed by atoms with Gasteiger partial charge in [-0.3, -0.25) is 0 Å². The quantitative estimate of drug-likeness (QED) is 0.642. The number of benzene rings is 2. The summed E-state index contributed by atoms with van der Waals surface area (Å²) in [5, 5.41) is 0.948. The molecule has 1 aromatic heterocycles. The van der Waals surface area contributed by atoms with Gasteiger partial charge in [0.25, 0.3) is 0 Å². The van der Waals surface area contributed by atoms with Crippen LogP contribution in [0, 0.1) is 5.82 Å². The number of hydrogen-bond acceptors (Lipinski definition) is 2. The molecule has 0 unspecified atom stereocenters.